The molecule has 1 aromatic carbocycles. The molecule has 2 amide bonds. The van der Waals surface area contributed by atoms with Crippen LogP contribution in [0.3, 0.4) is 0 Å². The molecule has 150 valence electrons. The number of rotatable bonds is 4. The van der Waals surface area contributed by atoms with E-state index in [0.29, 0.717) is 58.0 Å². The normalized spacial score (nSPS) is 19.2. The van der Waals surface area contributed by atoms with Crippen LogP contribution in [0.25, 0.3) is 0 Å². The molecule has 0 aliphatic carbocycles. The van der Waals surface area contributed by atoms with Crippen LogP contribution in [0.5, 0.6) is 5.75 Å². The molecule has 3 rings (SSSR count). The van der Waals surface area contributed by atoms with Gasteiger partial charge >= 0.3 is 0 Å². The van der Waals surface area contributed by atoms with Gasteiger partial charge in [-0.25, -0.2) is 0 Å². The Labute approximate surface area is 166 Å². The number of piperazine rings is 1. The largest absolute Gasteiger partial charge is 0.484 e. The van der Waals surface area contributed by atoms with Gasteiger partial charge in [0.15, 0.2) is 6.61 Å². The van der Waals surface area contributed by atoms with Crippen molar-refractivity contribution in [2.24, 2.45) is 5.73 Å². The molecule has 8 heteroatoms. The summed E-state index contributed by atoms with van der Waals surface area (Å²) in [5, 5.41) is 0. The van der Waals surface area contributed by atoms with Crippen LogP contribution in [0.2, 0.25) is 0 Å². The third-order valence-corrected chi connectivity index (χ3v) is 5.11. The van der Waals surface area contributed by atoms with Gasteiger partial charge in [-0.2, -0.15) is 0 Å². The molecule has 0 spiro atoms. The Hall–Kier alpha value is -1.83. The first-order valence-corrected chi connectivity index (χ1v) is 9.11. The SMILES string of the molecule is Cc1ccc(OCC(=O)N2CCN(C(=O)C3(N)CCOCC3)CC2)cc1.Cl. The van der Waals surface area contributed by atoms with Crippen molar-refractivity contribution < 1.29 is 19.1 Å². The Balaban J connectivity index is 0.00000261. The van der Waals surface area contributed by atoms with Crippen molar-refractivity contribution in [2.45, 2.75) is 25.3 Å². The van der Waals surface area contributed by atoms with Crippen molar-refractivity contribution in [3.63, 3.8) is 0 Å². The van der Waals surface area contributed by atoms with Gasteiger partial charge < -0.3 is 25.0 Å². The number of carbonyl (C=O) groups excluding carboxylic acids is 2. The third-order valence-electron chi connectivity index (χ3n) is 5.11. The molecule has 2 N–H and O–H groups in total. The van der Waals surface area contributed by atoms with E-state index in [-0.39, 0.29) is 30.8 Å². The highest BCUT2D eigenvalue weighted by atomic mass is 35.5. The first-order chi connectivity index (χ1) is 12.5. The molecule has 1 aromatic rings. The highest BCUT2D eigenvalue weighted by Crippen LogP contribution is 2.21. The molecule has 2 aliphatic rings. The summed E-state index contributed by atoms with van der Waals surface area (Å²) in [6.45, 7) is 5.09. The van der Waals surface area contributed by atoms with Crippen LogP contribution in [-0.2, 0) is 14.3 Å². The average Bonchev–Trinajstić information content (AvgIpc) is 2.67. The predicted molar refractivity (Wildman–Crippen MR) is 104 cm³/mol. The van der Waals surface area contributed by atoms with Gasteiger partial charge in [0.05, 0.1) is 5.54 Å². The molecular formula is C19H28ClN3O4. The molecule has 27 heavy (non-hydrogen) atoms. The molecule has 2 saturated heterocycles. The summed E-state index contributed by atoms with van der Waals surface area (Å²) < 4.78 is 10.9. The Bertz CT molecular complexity index is 639. The maximum absolute atomic E-state index is 12.7. The van der Waals surface area contributed by atoms with Gasteiger partial charge in [-0.1, -0.05) is 17.7 Å². The van der Waals surface area contributed by atoms with Crippen molar-refractivity contribution in [3.05, 3.63) is 29.8 Å². The third kappa shape index (κ3) is 5.34. The maximum atomic E-state index is 12.7. The lowest BCUT2D eigenvalue weighted by atomic mass is 9.89. The van der Waals surface area contributed by atoms with Gasteiger partial charge in [-0.05, 0) is 31.9 Å². The smallest absolute Gasteiger partial charge is 0.260 e. The molecule has 0 saturated carbocycles. The second-order valence-corrected chi connectivity index (χ2v) is 7.04. The fourth-order valence-corrected chi connectivity index (χ4v) is 3.29. The fraction of sp³-hybridized carbons (Fsp3) is 0.579. The summed E-state index contributed by atoms with van der Waals surface area (Å²) in [5.41, 5.74) is 6.60. The average molecular weight is 398 g/mol. The van der Waals surface area contributed by atoms with Gasteiger partial charge in [0, 0.05) is 39.4 Å². The van der Waals surface area contributed by atoms with Gasteiger partial charge in [0.1, 0.15) is 5.75 Å². The van der Waals surface area contributed by atoms with E-state index in [4.69, 9.17) is 15.2 Å². The highest BCUT2D eigenvalue weighted by molar-refractivity contribution is 5.86. The van der Waals surface area contributed by atoms with Crippen LogP contribution in [0.4, 0.5) is 0 Å². The van der Waals surface area contributed by atoms with Crippen LogP contribution in [-0.4, -0.2) is 73.2 Å². The molecule has 2 aliphatic heterocycles. The van der Waals surface area contributed by atoms with Gasteiger partial charge in [-0.15, -0.1) is 12.4 Å². The van der Waals surface area contributed by atoms with E-state index >= 15 is 0 Å². The summed E-state index contributed by atoms with van der Waals surface area (Å²) in [4.78, 5) is 28.6. The number of carbonyl (C=O) groups is 2. The van der Waals surface area contributed by atoms with Crippen molar-refractivity contribution in [1.29, 1.82) is 0 Å². The number of ether oxygens (including phenoxy) is 2. The number of nitrogens with two attached hydrogens (primary N) is 1. The van der Waals surface area contributed by atoms with Crippen molar-refractivity contribution in [3.8, 4) is 5.75 Å². The lowest BCUT2D eigenvalue weighted by Gasteiger charge is -2.40. The first-order valence-electron chi connectivity index (χ1n) is 9.11. The van der Waals surface area contributed by atoms with Crippen molar-refractivity contribution in [1.82, 2.24) is 9.80 Å². The zero-order valence-corrected chi connectivity index (χ0v) is 16.5. The first kappa shape index (κ1) is 21.5. The summed E-state index contributed by atoms with van der Waals surface area (Å²) in [7, 11) is 0. The van der Waals surface area contributed by atoms with Crippen molar-refractivity contribution >= 4 is 24.2 Å². The molecule has 0 bridgehead atoms. The van der Waals surface area contributed by atoms with E-state index in [1.54, 1.807) is 9.80 Å². The number of amides is 2. The number of aryl methyl sites for hydroxylation is 1. The van der Waals surface area contributed by atoms with E-state index in [1.807, 2.05) is 31.2 Å². The molecule has 0 atom stereocenters. The Morgan fingerprint density at radius 1 is 1.07 bits per heavy atom. The van der Waals surface area contributed by atoms with Crippen LogP contribution >= 0.6 is 12.4 Å². The molecule has 0 aromatic heterocycles. The summed E-state index contributed by atoms with van der Waals surface area (Å²) >= 11 is 0. The Morgan fingerprint density at radius 3 is 2.22 bits per heavy atom. The van der Waals surface area contributed by atoms with Crippen molar-refractivity contribution in [2.75, 3.05) is 46.0 Å². The van der Waals surface area contributed by atoms with E-state index in [2.05, 4.69) is 0 Å². The lowest BCUT2D eigenvalue weighted by Crippen LogP contribution is -2.61. The minimum absolute atomic E-state index is 0. The van der Waals surface area contributed by atoms with Gasteiger partial charge in [0.2, 0.25) is 5.91 Å². The predicted octanol–water partition coefficient (Wildman–Crippen LogP) is 0.974. The highest BCUT2D eigenvalue weighted by Gasteiger charge is 2.40. The van der Waals surface area contributed by atoms with E-state index < -0.39 is 5.54 Å². The molecule has 0 radical (unpaired) electrons. The van der Waals surface area contributed by atoms with Crippen LogP contribution in [0.1, 0.15) is 18.4 Å². The monoisotopic (exact) mass is 397 g/mol. The topological polar surface area (TPSA) is 85.1 Å². The van der Waals surface area contributed by atoms with Crippen LogP contribution in [0, 0.1) is 6.92 Å². The number of halogens is 1. The quantitative estimate of drug-likeness (QED) is 0.818. The summed E-state index contributed by atoms with van der Waals surface area (Å²) in [6, 6.07) is 7.61. The number of hydrogen-bond acceptors (Lipinski definition) is 5. The second kappa shape index (κ2) is 9.39. The molecule has 7 nitrogen and oxygen atoms in total. The zero-order valence-electron chi connectivity index (χ0n) is 15.7. The standard InChI is InChI=1S/C19H27N3O4.ClH/c1-15-2-4-16(5-3-15)26-14-17(23)21-8-10-22(11-9-21)18(24)19(20)6-12-25-13-7-19;/h2-5H,6-14,20H2,1H3;1H. The van der Waals surface area contributed by atoms with Crippen LogP contribution < -0.4 is 10.5 Å². The molecular weight excluding hydrogens is 370 g/mol. The van der Waals surface area contributed by atoms with E-state index in [0.717, 1.165) is 5.56 Å². The molecule has 0 unspecified atom stereocenters. The minimum Gasteiger partial charge on any atom is -0.484 e. The number of hydrogen-bond donors (Lipinski definition) is 1. The lowest BCUT2D eigenvalue weighted by molar-refractivity contribution is -0.146. The van der Waals surface area contributed by atoms with Crippen LogP contribution in [0.15, 0.2) is 24.3 Å². The summed E-state index contributed by atoms with van der Waals surface area (Å²) in [6.07, 6.45) is 1.10. The molecule has 2 fully saturated rings. The summed E-state index contributed by atoms with van der Waals surface area (Å²) in [5.74, 6) is 0.595. The minimum atomic E-state index is -0.820. The zero-order chi connectivity index (χ0) is 18.6. The molecule has 2 heterocycles. The fourth-order valence-electron chi connectivity index (χ4n) is 3.29. The second-order valence-electron chi connectivity index (χ2n) is 7.04. The van der Waals surface area contributed by atoms with Gasteiger partial charge in [-0.3, -0.25) is 9.59 Å². The number of nitrogens with zero attached hydrogens (tertiary/aromatic N) is 2. The van der Waals surface area contributed by atoms with E-state index in [9.17, 15) is 9.59 Å². The maximum Gasteiger partial charge on any atom is 0.260 e. The Morgan fingerprint density at radius 2 is 1.63 bits per heavy atom. The van der Waals surface area contributed by atoms with Gasteiger partial charge in [0.25, 0.3) is 5.91 Å². The number of benzene rings is 1. The van der Waals surface area contributed by atoms with E-state index in [1.165, 1.54) is 0 Å². The Kier molecular flexibility index (Phi) is 7.47.